The second kappa shape index (κ2) is 8.43. The van der Waals surface area contributed by atoms with Crippen molar-refractivity contribution in [3.05, 3.63) is 104 Å². The summed E-state index contributed by atoms with van der Waals surface area (Å²) < 4.78 is 2.18. The Bertz CT molecular complexity index is 1360. The fraction of sp³-hybridized carbons (Fsp3) is 0.143. The summed E-state index contributed by atoms with van der Waals surface area (Å²) in [7, 11) is 0. The summed E-state index contributed by atoms with van der Waals surface area (Å²) in [5.41, 5.74) is 5.66. The van der Waals surface area contributed by atoms with Crippen LogP contribution in [0.2, 0.25) is 0 Å². The van der Waals surface area contributed by atoms with E-state index in [9.17, 15) is 0 Å². The van der Waals surface area contributed by atoms with Gasteiger partial charge in [0.05, 0.1) is 5.39 Å². The lowest BCUT2D eigenvalue weighted by molar-refractivity contribution is 0.649. The molecular formula is C28H25N5. The summed E-state index contributed by atoms with van der Waals surface area (Å²) in [6, 6.07) is 31.6. The predicted octanol–water partition coefficient (Wildman–Crippen LogP) is 5.41. The molecule has 0 bridgehead atoms. The number of fused-ring (bicyclic) bond motifs is 1. The third-order valence-corrected chi connectivity index (χ3v) is 6.38. The van der Waals surface area contributed by atoms with E-state index in [-0.39, 0.29) is 0 Å². The minimum absolute atomic E-state index is 0.922. The molecule has 0 spiro atoms. The first kappa shape index (κ1) is 19.6. The smallest absolute Gasteiger partial charge is 0.150 e. The maximum absolute atomic E-state index is 4.80. The molecule has 1 saturated heterocycles. The highest BCUT2D eigenvalue weighted by Gasteiger charge is 2.24. The summed E-state index contributed by atoms with van der Waals surface area (Å²) in [4.78, 5) is 14.4. The molecule has 5 heteroatoms. The van der Waals surface area contributed by atoms with E-state index >= 15 is 0 Å². The molecule has 2 aromatic heterocycles. The molecule has 1 fully saturated rings. The Hall–Kier alpha value is -4.12. The van der Waals surface area contributed by atoms with Crippen LogP contribution in [-0.2, 0) is 0 Å². The molecule has 162 valence electrons. The van der Waals surface area contributed by atoms with Gasteiger partial charge >= 0.3 is 0 Å². The van der Waals surface area contributed by atoms with Gasteiger partial charge in [0.1, 0.15) is 12.1 Å². The number of benzene rings is 3. The highest BCUT2D eigenvalue weighted by molar-refractivity contribution is 6.02. The molecule has 0 atom stereocenters. The molecule has 1 aliphatic rings. The highest BCUT2D eigenvalue weighted by atomic mass is 15.3. The van der Waals surface area contributed by atoms with Crippen LogP contribution in [0.25, 0.3) is 27.8 Å². The van der Waals surface area contributed by atoms with E-state index < -0.39 is 0 Å². The Morgan fingerprint density at radius 1 is 0.576 bits per heavy atom. The zero-order chi connectivity index (χ0) is 22.0. The van der Waals surface area contributed by atoms with Gasteiger partial charge in [-0.05, 0) is 29.8 Å². The second-order valence-corrected chi connectivity index (χ2v) is 8.32. The van der Waals surface area contributed by atoms with Gasteiger partial charge in [0.25, 0.3) is 0 Å². The Kier molecular flexibility index (Phi) is 5.00. The van der Waals surface area contributed by atoms with Gasteiger partial charge in [0.2, 0.25) is 0 Å². The van der Waals surface area contributed by atoms with Gasteiger partial charge in [0.15, 0.2) is 5.65 Å². The molecule has 0 amide bonds. The molecule has 3 heterocycles. The molecule has 5 aromatic rings. The lowest BCUT2D eigenvalue weighted by atomic mass is 10.1. The van der Waals surface area contributed by atoms with E-state index in [2.05, 4.69) is 105 Å². The van der Waals surface area contributed by atoms with Crippen LogP contribution in [0.15, 0.2) is 104 Å². The second-order valence-electron chi connectivity index (χ2n) is 8.32. The van der Waals surface area contributed by atoms with Gasteiger partial charge < -0.3 is 14.4 Å². The molecule has 5 nitrogen and oxygen atoms in total. The normalized spacial score (nSPS) is 14.1. The SMILES string of the molecule is c1ccc(-c2cn(-c3ccccc3)c3ncnc(N4CCN(c5ccccc5)CC4)c23)cc1. The van der Waals surface area contributed by atoms with E-state index in [0.29, 0.717) is 0 Å². The Balaban J connectivity index is 1.43. The number of hydrogen-bond donors (Lipinski definition) is 0. The minimum Gasteiger partial charge on any atom is -0.368 e. The molecule has 0 N–H and O–H groups in total. The van der Waals surface area contributed by atoms with Crippen molar-refractivity contribution in [1.82, 2.24) is 14.5 Å². The summed E-state index contributed by atoms with van der Waals surface area (Å²) in [6.07, 6.45) is 3.91. The lowest BCUT2D eigenvalue weighted by Gasteiger charge is -2.37. The van der Waals surface area contributed by atoms with Crippen molar-refractivity contribution in [3.8, 4) is 16.8 Å². The molecule has 0 aliphatic carbocycles. The van der Waals surface area contributed by atoms with Gasteiger partial charge in [-0.25, -0.2) is 9.97 Å². The first-order chi connectivity index (χ1) is 16.4. The summed E-state index contributed by atoms with van der Waals surface area (Å²) >= 11 is 0. The Morgan fingerprint density at radius 2 is 1.15 bits per heavy atom. The summed E-state index contributed by atoms with van der Waals surface area (Å²) in [5.74, 6) is 1.02. The number of para-hydroxylation sites is 2. The van der Waals surface area contributed by atoms with Crippen molar-refractivity contribution >= 4 is 22.5 Å². The maximum atomic E-state index is 4.80. The van der Waals surface area contributed by atoms with Crippen LogP contribution in [0.5, 0.6) is 0 Å². The summed E-state index contributed by atoms with van der Waals surface area (Å²) in [5, 5.41) is 1.11. The van der Waals surface area contributed by atoms with Crippen LogP contribution < -0.4 is 9.80 Å². The van der Waals surface area contributed by atoms with E-state index in [1.807, 2.05) is 6.07 Å². The van der Waals surface area contributed by atoms with Crippen LogP contribution >= 0.6 is 0 Å². The molecule has 1 aliphatic heterocycles. The van der Waals surface area contributed by atoms with E-state index in [1.54, 1.807) is 6.33 Å². The average molecular weight is 432 g/mol. The third kappa shape index (κ3) is 3.61. The average Bonchev–Trinajstić information content (AvgIpc) is 3.30. The van der Waals surface area contributed by atoms with Crippen molar-refractivity contribution in [2.75, 3.05) is 36.0 Å². The quantitative estimate of drug-likeness (QED) is 0.381. The van der Waals surface area contributed by atoms with Crippen LogP contribution in [0.4, 0.5) is 11.5 Å². The van der Waals surface area contributed by atoms with Crippen molar-refractivity contribution in [3.63, 3.8) is 0 Å². The third-order valence-electron chi connectivity index (χ3n) is 6.38. The monoisotopic (exact) mass is 431 g/mol. The highest BCUT2D eigenvalue weighted by Crippen LogP contribution is 2.37. The molecule has 33 heavy (non-hydrogen) atoms. The van der Waals surface area contributed by atoms with E-state index in [0.717, 1.165) is 54.3 Å². The number of hydrogen-bond acceptors (Lipinski definition) is 4. The Labute approximate surface area is 193 Å². The lowest BCUT2D eigenvalue weighted by Crippen LogP contribution is -2.46. The van der Waals surface area contributed by atoms with Gasteiger partial charge in [-0.1, -0.05) is 66.7 Å². The minimum atomic E-state index is 0.922. The number of aromatic nitrogens is 3. The van der Waals surface area contributed by atoms with E-state index in [4.69, 9.17) is 9.97 Å². The van der Waals surface area contributed by atoms with Gasteiger partial charge in [-0.15, -0.1) is 0 Å². The molecule has 0 radical (unpaired) electrons. The zero-order valence-electron chi connectivity index (χ0n) is 18.4. The van der Waals surface area contributed by atoms with Crippen molar-refractivity contribution < 1.29 is 0 Å². The van der Waals surface area contributed by atoms with Crippen LogP contribution in [0.1, 0.15) is 0 Å². The summed E-state index contributed by atoms with van der Waals surface area (Å²) in [6.45, 7) is 3.78. The zero-order valence-corrected chi connectivity index (χ0v) is 18.4. The van der Waals surface area contributed by atoms with Gasteiger partial charge in [0, 0.05) is 49.3 Å². The van der Waals surface area contributed by atoms with Crippen molar-refractivity contribution in [2.24, 2.45) is 0 Å². The van der Waals surface area contributed by atoms with E-state index in [1.165, 1.54) is 11.3 Å². The van der Waals surface area contributed by atoms with Gasteiger partial charge in [-0.2, -0.15) is 0 Å². The van der Waals surface area contributed by atoms with Crippen LogP contribution in [0, 0.1) is 0 Å². The van der Waals surface area contributed by atoms with Crippen LogP contribution in [0.3, 0.4) is 0 Å². The maximum Gasteiger partial charge on any atom is 0.150 e. The topological polar surface area (TPSA) is 37.2 Å². The van der Waals surface area contributed by atoms with Crippen molar-refractivity contribution in [2.45, 2.75) is 0 Å². The Morgan fingerprint density at radius 3 is 1.82 bits per heavy atom. The van der Waals surface area contributed by atoms with Crippen molar-refractivity contribution in [1.29, 1.82) is 0 Å². The largest absolute Gasteiger partial charge is 0.368 e. The number of nitrogens with zero attached hydrogens (tertiary/aromatic N) is 5. The number of anilines is 2. The molecule has 6 rings (SSSR count). The fourth-order valence-electron chi connectivity index (χ4n) is 4.72. The molecule has 0 saturated carbocycles. The number of rotatable bonds is 4. The van der Waals surface area contributed by atoms with Crippen LogP contribution in [-0.4, -0.2) is 40.7 Å². The van der Waals surface area contributed by atoms with Gasteiger partial charge in [-0.3, -0.25) is 0 Å². The molecular weight excluding hydrogens is 406 g/mol. The molecule has 0 unspecified atom stereocenters. The fourth-order valence-corrected chi connectivity index (χ4v) is 4.72. The molecule has 3 aromatic carbocycles. The number of piperazine rings is 1. The first-order valence-electron chi connectivity index (χ1n) is 11.4. The first-order valence-corrected chi connectivity index (χ1v) is 11.4. The standard InChI is InChI=1S/C28H25N5/c1-4-10-22(11-5-1)25-20-33(24-14-8-3-9-15-24)28-26(25)27(29-21-30-28)32-18-16-31(17-19-32)23-12-6-2-7-13-23/h1-15,20-21H,16-19H2. The predicted molar refractivity (Wildman–Crippen MR) is 135 cm³/mol.